The molecule has 19 heteroatoms. The van der Waals surface area contributed by atoms with E-state index in [4.69, 9.17) is 18.5 Å². The smallest absolute Gasteiger partial charge is 0.323 e. The predicted molar refractivity (Wildman–Crippen MR) is 348 cm³/mol. The number of hydrogen-bond acceptors (Lipinski definition) is 15. The molecule has 0 aliphatic carbocycles. The van der Waals surface area contributed by atoms with Gasteiger partial charge in [0, 0.05) is 78.8 Å². The van der Waals surface area contributed by atoms with Gasteiger partial charge in [0.2, 0.25) is 17.6 Å². The molecule has 0 saturated carbocycles. The standard InChI is InChI=1S/C40H34FN5O4.C35H30FN3O5/c41-34-25-32(18-19-33(34)30-11-5-2-6-12-30)37-44-36(45-50-37)31-16-14-28(15-17-31)26-46-23-20-40(21-24-46,38(47)43-35-13-7-8-22-42-35)39(48)49-27-29-9-3-1-4-10-29;36-30-21-28(15-16-29(30)26-9-5-2-6-10-26)32-37-31(38-44-32)27-13-11-24(12-14-27)22-39-19-17-35(18-20-39,33(40)41)34(42)43-23-25-7-3-1-4-8-25/h1-19,22,25H,20-21,23-24,26-27H2,(H,42,43,47);1-16,21H,17-20,22-23H2,(H,40,41). The van der Waals surface area contributed by atoms with Gasteiger partial charge in [-0.2, -0.15) is 9.97 Å². The van der Waals surface area contributed by atoms with Crippen LogP contribution in [-0.2, 0) is 55.0 Å². The Hall–Kier alpha value is -11.2. The molecule has 11 aromatic rings. The van der Waals surface area contributed by atoms with Crippen LogP contribution in [-0.4, -0.2) is 90.2 Å². The van der Waals surface area contributed by atoms with E-state index in [0.29, 0.717) is 91.8 Å². The highest BCUT2D eigenvalue weighted by Crippen LogP contribution is 2.38. The fourth-order valence-electron chi connectivity index (χ4n) is 11.6. The van der Waals surface area contributed by atoms with Gasteiger partial charge in [-0.15, -0.1) is 0 Å². The van der Waals surface area contributed by atoms with Gasteiger partial charge in [-0.25, -0.2) is 13.8 Å². The second-order valence-electron chi connectivity index (χ2n) is 23.2. The van der Waals surface area contributed by atoms with E-state index in [1.54, 1.807) is 48.7 Å². The third-order valence-corrected chi connectivity index (χ3v) is 17.1. The number of nitrogens with one attached hydrogen (secondary N) is 1. The number of amides is 1. The Kier molecular flexibility index (Phi) is 19.4. The number of aromatic nitrogens is 5. The van der Waals surface area contributed by atoms with E-state index in [1.165, 1.54) is 12.1 Å². The summed E-state index contributed by atoms with van der Waals surface area (Å²) in [6.07, 6.45) is 2.54. The lowest BCUT2D eigenvalue weighted by Gasteiger charge is -2.38. The van der Waals surface area contributed by atoms with Crippen LogP contribution < -0.4 is 5.32 Å². The number of likely N-dealkylation sites (tertiary alicyclic amines) is 2. The maximum Gasteiger partial charge on any atom is 0.323 e. The van der Waals surface area contributed by atoms with E-state index < -0.39 is 34.6 Å². The molecule has 94 heavy (non-hydrogen) atoms. The van der Waals surface area contributed by atoms with Crippen LogP contribution in [0.5, 0.6) is 0 Å². The van der Waals surface area contributed by atoms with Gasteiger partial charge in [0.1, 0.15) is 36.1 Å². The van der Waals surface area contributed by atoms with Crippen LogP contribution in [0.3, 0.4) is 0 Å². The lowest BCUT2D eigenvalue weighted by atomic mass is 9.77. The Balaban J connectivity index is 0.000000182. The summed E-state index contributed by atoms with van der Waals surface area (Å²) in [5.74, 6) is -1.90. The van der Waals surface area contributed by atoms with Gasteiger partial charge in [-0.3, -0.25) is 29.0 Å². The molecule has 3 aromatic heterocycles. The van der Waals surface area contributed by atoms with Crippen molar-refractivity contribution >= 4 is 29.6 Å². The van der Waals surface area contributed by atoms with E-state index in [-0.39, 0.29) is 49.5 Å². The van der Waals surface area contributed by atoms with Gasteiger partial charge in [0.15, 0.2) is 5.41 Å². The van der Waals surface area contributed by atoms with Gasteiger partial charge in [0.25, 0.3) is 11.8 Å². The number of ether oxygens (including phenoxy) is 2. The molecule has 17 nitrogen and oxygen atoms in total. The zero-order valence-corrected chi connectivity index (χ0v) is 51.0. The summed E-state index contributed by atoms with van der Waals surface area (Å²) in [6, 6.07) is 67.7. The van der Waals surface area contributed by atoms with E-state index in [0.717, 1.165) is 44.5 Å². The highest BCUT2D eigenvalue weighted by atomic mass is 19.1. The highest BCUT2D eigenvalue weighted by molar-refractivity contribution is 6.08. The maximum atomic E-state index is 15.0. The van der Waals surface area contributed by atoms with Crippen molar-refractivity contribution in [3.8, 4) is 67.9 Å². The van der Waals surface area contributed by atoms with Crippen LogP contribution >= 0.6 is 0 Å². The number of hydrogen-bond donors (Lipinski definition) is 2. The average Bonchev–Trinajstić information content (AvgIpc) is 1.03. The third kappa shape index (κ3) is 14.8. The summed E-state index contributed by atoms with van der Waals surface area (Å²) < 4.78 is 51.9. The number of carboxylic acid groups (broad SMARTS) is 1. The van der Waals surface area contributed by atoms with Gasteiger partial charge in [-0.05, 0) is 95.5 Å². The summed E-state index contributed by atoms with van der Waals surface area (Å²) in [4.78, 5) is 69.9. The van der Waals surface area contributed by atoms with Gasteiger partial charge in [-0.1, -0.05) is 198 Å². The highest BCUT2D eigenvalue weighted by Gasteiger charge is 2.51. The number of piperidine rings is 2. The Morgan fingerprint density at radius 2 is 0.851 bits per heavy atom. The van der Waals surface area contributed by atoms with E-state index in [9.17, 15) is 33.1 Å². The Morgan fingerprint density at radius 1 is 0.457 bits per heavy atom. The second-order valence-corrected chi connectivity index (χ2v) is 23.2. The number of carbonyl (C=O) groups is 4. The minimum absolute atomic E-state index is 0.0457. The molecule has 0 bridgehead atoms. The lowest BCUT2D eigenvalue weighted by molar-refractivity contribution is -0.174. The molecule has 0 unspecified atom stereocenters. The average molecular weight is 1260 g/mol. The molecule has 1 amide bonds. The summed E-state index contributed by atoms with van der Waals surface area (Å²) >= 11 is 0. The molecule has 2 N–H and O–H groups in total. The molecular formula is C75H64F2N8O9. The SMILES string of the molecule is O=C(Nc1ccccn1)C1(C(=O)OCc2ccccc2)CCN(Cc2ccc(-c3noc(-c4ccc(-c5ccccc5)c(F)c4)n3)cc2)CC1.O=C(O)C1(C(=O)OCc2ccccc2)CCN(Cc2ccc(-c3noc(-c4ccc(-c5ccccc5)c(F)c4)n3)cc2)CC1. The topological polar surface area (TPSA) is 216 Å². The Labute approximate surface area is 540 Å². The van der Waals surface area contributed by atoms with Gasteiger partial charge >= 0.3 is 17.9 Å². The normalized spacial score (nSPS) is 14.4. The molecule has 0 radical (unpaired) electrons. The van der Waals surface area contributed by atoms with Crippen molar-refractivity contribution in [1.29, 1.82) is 0 Å². The minimum Gasteiger partial charge on any atom is -0.480 e. The molecule has 5 heterocycles. The van der Waals surface area contributed by atoms with Crippen molar-refractivity contribution in [2.45, 2.75) is 52.0 Å². The zero-order valence-electron chi connectivity index (χ0n) is 51.0. The van der Waals surface area contributed by atoms with E-state index >= 15 is 0 Å². The first-order valence-corrected chi connectivity index (χ1v) is 30.8. The number of carboxylic acids is 1. The summed E-state index contributed by atoms with van der Waals surface area (Å²) in [5, 5.41) is 21.0. The maximum absolute atomic E-state index is 15.0. The molecule has 2 aliphatic heterocycles. The van der Waals surface area contributed by atoms with Crippen LogP contribution in [0.2, 0.25) is 0 Å². The van der Waals surface area contributed by atoms with Crippen LogP contribution in [0.25, 0.3) is 67.9 Å². The number of halogens is 2. The van der Waals surface area contributed by atoms with Crippen molar-refractivity contribution in [2.75, 3.05) is 31.5 Å². The molecular weight excluding hydrogens is 1190 g/mol. The number of nitrogens with zero attached hydrogens (tertiary/aromatic N) is 7. The van der Waals surface area contributed by atoms with Crippen molar-refractivity contribution in [1.82, 2.24) is 35.1 Å². The van der Waals surface area contributed by atoms with Gasteiger partial charge < -0.3 is 28.9 Å². The quantitative estimate of drug-likeness (QED) is 0.0568. The van der Waals surface area contributed by atoms with Crippen LogP contribution in [0.1, 0.15) is 47.9 Å². The Morgan fingerprint density at radius 3 is 1.26 bits per heavy atom. The molecule has 0 spiro atoms. The number of pyridine rings is 1. The van der Waals surface area contributed by atoms with Crippen molar-refractivity contribution in [3.05, 3.63) is 265 Å². The van der Waals surface area contributed by atoms with Crippen LogP contribution in [0.15, 0.2) is 240 Å². The number of rotatable bonds is 19. The molecule has 2 aliphatic rings. The predicted octanol–water partition coefficient (Wildman–Crippen LogP) is 14.2. The molecule has 2 saturated heterocycles. The lowest BCUT2D eigenvalue weighted by Crippen LogP contribution is -2.51. The summed E-state index contributed by atoms with van der Waals surface area (Å²) in [7, 11) is 0. The first kappa shape index (κ1) is 63.0. The summed E-state index contributed by atoms with van der Waals surface area (Å²) in [5.41, 5.74) is 5.91. The molecule has 472 valence electrons. The molecule has 0 atom stereocenters. The monoisotopic (exact) mass is 1260 g/mol. The number of aliphatic carboxylic acids is 1. The van der Waals surface area contributed by atoms with Crippen molar-refractivity contribution in [3.63, 3.8) is 0 Å². The largest absolute Gasteiger partial charge is 0.480 e. The minimum atomic E-state index is -1.55. The molecule has 13 rings (SSSR count). The number of esters is 2. The zero-order chi connectivity index (χ0) is 64.9. The van der Waals surface area contributed by atoms with Crippen molar-refractivity contribution < 1.29 is 51.6 Å². The number of anilines is 1. The van der Waals surface area contributed by atoms with Gasteiger partial charge in [0.05, 0.1) is 0 Å². The first-order chi connectivity index (χ1) is 45.9. The van der Waals surface area contributed by atoms with Crippen molar-refractivity contribution in [2.24, 2.45) is 10.8 Å². The summed E-state index contributed by atoms with van der Waals surface area (Å²) in [6.45, 7) is 3.29. The fraction of sp³-hybridized carbons (Fsp3) is 0.187. The number of benzene rings is 8. The third-order valence-electron chi connectivity index (χ3n) is 17.1. The fourth-order valence-corrected chi connectivity index (χ4v) is 11.6. The van der Waals surface area contributed by atoms with Crippen LogP contribution in [0.4, 0.5) is 14.6 Å². The molecule has 8 aromatic carbocycles. The first-order valence-electron chi connectivity index (χ1n) is 30.8. The Bertz CT molecular complexity index is 4380. The van der Waals surface area contributed by atoms with Crippen LogP contribution in [0, 0.1) is 22.5 Å². The second kappa shape index (κ2) is 29.0. The van der Waals surface area contributed by atoms with E-state index in [1.807, 2.05) is 170 Å². The molecule has 2 fully saturated rings. The number of carbonyl (C=O) groups excluding carboxylic acids is 3. The van der Waals surface area contributed by atoms with E-state index in [2.05, 4.69) is 40.4 Å².